The molecule has 0 atom stereocenters. The summed E-state index contributed by atoms with van der Waals surface area (Å²) in [5.41, 5.74) is 3.74. The number of hydrogen-bond donors (Lipinski definition) is 1. The normalized spacial score (nSPS) is 13.2. The molecule has 0 saturated carbocycles. The average molecular weight is 365 g/mol. The second-order valence-electron chi connectivity index (χ2n) is 6.37. The Bertz CT molecular complexity index is 989. The monoisotopic (exact) mass is 365 g/mol. The molecule has 0 spiro atoms. The number of nitrogens with one attached hydrogen (secondary N) is 1. The molecule has 2 heterocycles. The van der Waals surface area contributed by atoms with Crippen LogP contribution in [0.4, 0.5) is 25.8 Å². The molecule has 1 aromatic heterocycles. The number of anilines is 3. The lowest BCUT2D eigenvalue weighted by Crippen LogP contribution is -2.24. The minimum absolute atomic E-state index is 0.176. The summed E-state index contributed by atoms with van der Waals surface area (Å²) in [7, 11) is 0. The van der Waals surface area contributed by atoms with Crippen molar-refractivity contribution >= 4 is 23.0 Å². The molecule has 0 unspecified atom stereocenters. The number of carbonyl (C=O) groups is 1. The molecule has 6 heteroatoms. The largest absolute Gasteiger partial charge is 0.340 e. The van der Waals surface area contributed by atoms with Crippen LogP contribution >= 0.6 is 0 Å². The first-order valence-corrected chi connectivity index (χ1v) is 8.70. The molecule has 1 aliphatic heterocycles. The van der Waals surface area contributed by atoms with Crippen molar-refractivity contribution in [1.29, 1.82) is 0 Å². The van der Waals surface area contributed by atoms with Gasteiger partial charge >= 0.3 is 0 Å². The highest BCUT2D eigenvalue weighted by Crippen LogP contribution is 2.32. The van der Waals surface area contributed by atoms with Gasteiger partial charge in [-0.15, -0.1) is 0 Å². The number of fused-ring (bicyclic) bond motifs is 1. The number of rotatable bonds is 3. The van der Waals surface area contributed by atoms with Crippen LogP contribution in [0.25, 0.3) is 0 Å². The molecule has 136 valence electrons. The van der Waals surface area contributed by atoms with Crippen LogP contribution in [0.3, 0.4) is 0 Å². The molecule has 1 amide bonds. The van der Waals surface area contributed by atoms with Crippen molar-refractivity contribution in [2.24, 2.45) is 0 Å². The predicted octanol–water partition coefficient (Wildman–Crippen LogP) is 4.70. The molecular formula is C21H17F2N3O. The maximum absolute atomic E-state index is 13.3. The lowest BCUT2D eigenvalue weighted by atomic mass is 10.0. The number of halogens is 2. The number of carbonyl (C=O) groups excluding carboxylic acids is 1. The van der Waals surface area contributed by atoms with Gasteiger partial charge in [-0.25, -0.2) is 13.8 Å². The van der Waals surface area contributed by atoms with Crippen LogP contribution < -0.4 is 10.2 Å². The van der Waals surface area contributed by atoms with Crippen LogP contribution in [0, 0.1) is 11.6 Å². The summed E-state index contributed by atoms with van der Waals surface area (Å²) in [5.74, 6) is -2.45. The van der Waals surface area contributed by atoms with Crippen molar-refractivity contribution in [2.45, 2.75) is 12.8 Å². The first-order valence-electron chi connectivity index (χ1n) is 8.70. The Hall–Kier alpha value is -3.28. The van der Waals surface area contributed by atoms with Gasteiger partial charge in [-0.3, -0.25) is 4.79 Å². The third-order valence-corrected chi connectivity index (χ3v) is 4.58. The number of pyridine rings is 1. The Kier molecular flexibility index (Phi) is 4.54. The van der Waals surface area contributed by atoms with E-state index in [2.05, 4.69) is 27.3 Å². The zero-order valence-electron chi connectivity index (χ0n) is 14.5. The summed E-state index contributed by atoms with van der Waals surface area (Å²) in [6, 6.07) is 14.9. The highest BCUT2D eigenvalue weighted by atomic mass is 19.2. The fraction of sp³-hybridized carbons (Fsp3) is 0.143. The van der Waals surface area contributed by atoms with Crippen LogP contribution in [0.1, 0.15) is 22.5 Å². The van der Waals surface area contributed by atoms with E-state index in [1.807, 2.05) is 18.2 Å². The fourth-order valence-corrected chi connectivity index (χ4v) is 3.25. The van der Waals surface area contributed by atoms with E-state index in [-0.39, 0.29) is 11.4 Å². The van der Waals surface area contributed by atoms with Gasteiger partial charge in [-0.05, 0) is 48.7 Å². The molecule has 1 N–H and O–H groups in total. The summed E-state index contributed by atoms with van der Waals surface area (Å²) in [6.45, 7) is 0.888. The topological polar surface area (TPSA) is 45.2 Å². The Balaban J connectivity index is 1.52. The van der Waals surface area contributed by atoms with Crippen molar-refractivity contribution in [2.75, 3.05) is 16.8 Å². The van der Waals surface area contributed by atoms with Crippen LogP contribution in [-0.2, 0) is 6.42 Å². The first-order chi connectivity index (χ1) is 13.1. The second kappa shape index (κ2) is 7.15. The van der Waals surface area contributed by atoms with E-state index < -0.39 is 17.5 Å². The molecule has 2 aromatic carbocycles. The molecule has 0 bridgehead atoms. The van der Waals surface area contributed by atoms with E-state index >= 15 is 0 Å². The third-order valence-electron chi connectivity index (χ3n) is 4.58. The summed E-state index contributed by atoms with van der Waals surface area (Å²) in [6.07, 6.45) is 3.76. The zero-order chi connectivity index (χ0) is 18.8. The standard InChI is InChI=1S/C21H17F2N3O/c22-17-9-7-15(12-18(17)23)25-21(27)19-10-8-16(13-24-19)26-11-3-5-14-4-1-2-6-20(14)26/h1-2,4,6-10,12-13H,3,5,11H2,(H,25,27). The van der Waals surface area contributed by atoms with Crippen molar-refractivity contribution in [3.05, 3.63) is 83.7 Å². The number of aromatic nitrogens is 1. The summed E-state index contributed by atoms with van der Waals surface area (Å²) in [4.78, 5) is 18.7. The van der Waals surface area contributed by atoms with E-state index in [0.29, 0.717) is 0 Å². The Morgan fingerprint density at radius 3 is 2.67 bits per heavy atom. The molecule has 1 aliphatic rings. The van der Waals surface area contributed by atoms with Gasteiger partial charge in [-0.1, -0.05) is 18.2 Å². The van der Waals surface area contributed by atoms with E-state index in [1.54, 1.807) is 12.3 Å². The molecule has 0 radical (unpaired) electrons. The van der Waals surface area contributed by atoms with E-state index in [9.17, 15) is 13.6 Å². The predicted molar refractivity (Wildman–Crippen MR) is 100 cm³/mol. The fourth-order valence-electron chi connectivity index (χ4n) is 3.25. The van der Waals surface area contributed by atoms with Gasteiger partial charge in [0.25, 0.3) is 5.91 Å². The average Bonchev–Trinajstić information content (AvgIpc) is 2.70. The lowest BCUT2D eigenvalue weighted by Gasteiger charge is -2.31. The van der Waals surface area contributed by atoms with Crippen molar-refractivity contribution in [3.63, 3.8) is 0 Å². The molecule has 3 aromatic rings. The molecular weight excluding hydrogens is 348 g/mol. The van der Waals surface area contributed by atoms with Gasteiger partial charge in [0.2, 0.25) is 0 Å². The van der Waals surface area contributed by atoms with Gasteiger partial charge in [0.05, 0.1) is 11.9 Å². The number of nitrogens with zero attached hydrogens (tertiary/aromatic N) is 2. The zero-order valence-corrected chi connectivity index (χ0v) is 14.5. The smallest absolute Gasteiger partial charge is 0.274 e. The lowest BCUT2D eigenvalue weighted by molar-refractivity contribution is 0.102. The molecule has 4 rings (SSSR count). The minimum atomic E-state index is -1.01. The summed E-state index contributed by atoms with van der Waals surface area (Å²) >= 11 is 0. The quantitative estimate of drug-likeness (QED) is 0.732. The van der Waals surface area contributed by atoms with Crippen molar-refractivity contribution in [1.82, 2.24) is 4.98 Å². The number of benzene rings is 2. The molecule has 0 saturated heterocycles. The minimum Gasteiger partial charge on any atom is -0.340 e. The Labute approximate surface area is 155 Å². The van der Waals surface area contributed by atoms with Gasteiger partial charge in [0.15, 0.2) is 11.6 Å². The second-order valence-corrected chi connectivity index (χ2v) is 6.37. The molecule has 4 nitrogen and oxygen atoms in total. The number of amides is 1. The molecule has 27 heavy (non-hydrogen) atoms. The van der Waals surface area contributed by atoms with Gasteiger partial charge in [0, 0.05) is 24.0 Å². The van der Waals surface area contributed by atoms with Crippen molar-refractivity contribution < 1.29 is 13.6 Å². The van der Waals surface area contributed by atoms with E-state index in [0.717, 1.165) is 42.9 Å². The third kappa shape index (κ3) is 3.51. The van der Waals surface area contributed by atoms with E-state index in [4.69, 9.17) is 0 Å². The van der Waals surface area contributed by atoms with Crippen molar-refractivity contribution in [3.8, 4) is 0 Å². The van der Waals surface area contributed by atoms with Gasteiger partial charge < -0.3 is 10.2 Å². The van der Waals surface area contributed by atoms with Gasteiger partial charge in [-0.2, -0.15) is 0 Å². The van der Waals surface area contributed by atoms with Crippen LogP contribution in [0.15, 0.2) is 60.8 Å². The molecule has 0 aliphatic carbocycles. The number of aryl methyl sites for hydroxylation is 1. The number of para-hydroxylation sites is 1. The molecule has 0 fully saturated rings. The van der Waals surface area contributed by atoms with Crippen LogP contribution in [0.5, 0.6) is 0 Å². The SMILES string of the molecule is O=C(Nc1ccc(F)c(F)c1)c1ccc(N2CCCc3ccccc32)cn1. The highest BCUT2D eigenvalue weighted by Gasteiger charge is 2.18. The maximum Gasteiger partial charge on any atom is 0.274 e. The summed E-state index contributed by atoms with van der Waals surface area (Å²) < 4.78 is 26.2. The van der Waals surface area contributed by atoms with E-state index in [1.165, 1.54) is 11.6 Å². The number of hydrogen-bond acceptors (Lipinski definition) is 3. The Morgan fingerprint density at radius 1 is 1.04 bits per heavy atom. The Morgan fingerprint density at radius 2 is 1.89 bits per heavy atom. The van der Waals surface area contributed by atoms with Crippen LogP contribution in [-0.4, -0.2) is 17.4 Å². The highest BCUT2D eigenvalue weighted by molar-refractivity contribution is 6.03. The maximum atomic E-state index is 13.3. The first kappa shape index (κ1) is 17.1. The van der Waals surface area contributed by atoms with Gasteiger partial charge in [0.1, 0.15) is 5.69 Å². The van der Waals surface area contributed by atoms with Crippen LogP contribution in [0.2, 0.25) is 0 Å². The summed E-state index contributed by atoms with van der Waals surface area (Å²) in [5, 5.41) is 2.52.